The highest BCUT2D eigenvalue weighted by molar-refractivity contribution is 14.1. The molecule has 0 aromatic heterocycles. The zero-order chi connectivity index (χ0) is 17.8. The predicted octanol–water partition coefficient (Wildman–Crippen LogP) is 4.29. The third-order valence-electron chi connectivity index (χ3n) is 4.48. The third kappa shape index (κ3) is 4.21. The number of carbonyl (C=O) groups excluding carboxylic acids is 2. The van der Waals surface area contributed by atoms with Crippen LogP contribution in [0.2, 0.25) is 0 Å². The average molecular weight is 448 g/mol. The lowest BCUT2D eigenvalue weighted by molar-refractivity contribution is -0.141. The van der Waals surface area contributed by atoms with Crippen LogP contribution in [0.15, 0.2) is 48.5 Å². The predicted molar refractivity (Wildman–Crippen MR) is 107 cm³/mol. The first-order valence-electron chi connectivity index (χ1n) is 8.47. The molecule has 1 saturated heterocycles. The molecule has 1 aliphatic heterocycles. The Balaban J connectivity index is 1.90. The maximum absolute atomic E-state index is 13.1. The zero-order valence-corrected chi connectivity index (χ0v) is 16.3. The molecule has 130 valence electrons. The van der Waals surface area contributed by atoms with E-state index in [0.29, 0.717) is 13.0 Å². The summed E-state index contributed by atoms with van der Waals surface area (Å²) in [5.41, 5.74) is 2.64. The molecule has 1 fully saturated rings. The van der Waals surface area contributed by atoms with Crippen molar-refractivity contribution in [2.75, 3.05) is 11.9 Å². The number of nitrogens with zero attached hydrogens (tertiary/aromatic N) is 1. The number of hydrogen-bond donors (Lipinski definition) is 1. The van der Waals surface area contributed by atoms with Crippen molar-refractivity contribution in [2.24, 2.45) is 0 Å². The first kappa shape index (κ1) is 17.9. The second kappa shape index (κ2) is 7.99. The molecule has 3 rings (SSSR count). The van der Waals surface area contributed by atoms with Crippen LogP contribution in [-0.2, 0) is 9.59 Å². The minimum Gasteiger partial charge on any atom is -0.327 e. The molecule has 1 N–H and O–H groups in total. The number of benzene rings is 2. The summed E-state index contributed by atoms with van der Waals surface area (Å²) in [6.07, 6.45) is 2.35. The van der Waals surface area contributed by atoms with E-state index >= 15 is 0 Å². The van der Waals surface area contributed by atoms with Crippen molar-refractivity contribution in [3.8, 4) is 0 Å². The van der Waals surface area contributed by atoms with Gasteiger partial charge in [0, 0.05) is 22.2 Å². The summed E-state index contributed by atoms with van der Waals surface area (Å²) in [5.74, 6) is -0.111. The Morgan fingerprint density at radius 3 is 2.60 bits per heavy atom. The molecule has 1 unspecified atom stereocenters. The minimum atomic E-state index is -0.590. The van der Waals surface area contributed by atoms with E-state index in [0.717, 1.165) is 33.2 Å². The van der Waals surface area contributed by atoms with Crippen LogP contribution in [0, 0.1) is 10.5 Å². The maximum atomic E-state index is 13.1. The van der Waals surface area contributed by atoms with Gasteiger partial charge in [-0.1, -0.05) is 30.3 Å². The first-order valence-corrected chi connectivity index (χ1v) is 9.55. The van der Waals surface area contributed by atoms with Gasteiger partial charge in [-0.2, -0.15) is 0 Å². The molecule has 1 heterocycles. The van der Waals surface area contributed by atoms with Crippen LogP contribution in [0.3, 0.4) is 0 Å². The van der Waals surface area contributed by atoms with Crippen molar-refractivity contribution in [3.05, 3.63) is 63.2 Å². The normalized spacial score (nSPS) is 15.8. The van der Waals surface area contributed by atoms with Gasteiger partial charge in [-0.15, -0.1) is 0 Å². The summed E-state index contributed by atoms with van der Waals surface area (Å²) in [4.78, 5) is 27.2. The molecule has 1 aliphatic rings. The van der Waals surface area contributed by atoms with Gasteiger partial charge in [-0.05, 0) is 71.7 Å². The minimum absolute atomic E-state index is 0.0505. The summed E-state index contributed by atoms with van der Waals surface area (Å²) in [7, 11) is 0. The van der Waals surface area contributed by atoms with Gasteiger partial charge in [0.05, 0.1) is 0 Å². The van der Waals surface area contributed by atoms with Crippen LogP contribution in [0.4, 0.5) is 5.69 Å². The van der Waals surface area contributed by atoms with E-state index in [1.165, 1.54) is 0 Å². The zero-order valence-electron chi connectivity index (χ0n) is 14.2. The van der Waals surface area contributed by atoms with Crippen molar-refractivity contribution in [1.29, 1.82) is 0 Å². The fourth-order valence-corrected chi connectivity index (χ4v) is 3.82. The lowest BCUT2D eigenvalue weighted by Gasteiger charge is -2.34. The van der Waals surface area contributed by atoms with E-state index in [1.54, 1.807) is 4.90 Å². The highest BCUT2D eigenvalue weighted by atomic mass is 127. The molecular formula is C20H21IN2O2. The Labute approximate surface area is 161 Å². The van der Waals surface area contributed by atoms with Gasteiger partial charge in [0.15, 0.2) is 0 Å². The molecule has 2 amide bonds. The molecule has 4 nitrogen and oxygen atoms in total. The summed E-state index contributed by atoms with van der Waals surface area (Å²) < 4.78 is 1.12. The molecule has 0 radical (unpaired) electrons. The van der Waals surface area contributed by atoms with Crippen LogP contribution in [0.1, 0.15) is 36.4 Å². The van der Waals surface area contributed by atoms with Crippen LogP contribution < -0.4 is 5.32 Å². The molecular weight excluding hydrogens is 427 g/mol. The van der Waals surface area contributed by atoms with Crippen molar-refractivity contribution in [2.45, 2.75) is 32.2 Å². The molecule has 25 heavy (non-hydrogen) atoms. The van der Waals surface area contributed by atoms with Gasteiger partial charge < -0.3 is 10.2 Å². The second-order valence-corrected chi connectivity index (χ2v) is 7.55. The molecule has 0 spiro atoms. The Kier molecular flexibility index (Phi) is 5.73. The van der Waals surface area contributed by atoms with Gasteiger partial charge in [-0.25, -0.2) is 0 Å². The summed E-state index contributed by atoms with van der Waals surface area (Å²) in [6, 6.07) is 14.9. The average Bonchev–Trinajstić information content (AvgIpc) is 2.60. The standard InChI is InChI=1S/C20H21IN2O2/c1-14-13-16(21)10-11-17(14)22-20(25)19(15-7-3-2-4-8-15)23-12-6-5-9-18(23)24/h2-4,7-8,10-11,13,19H,5-6,9,12H2,1H3,(H,22,25). The second-order valence-electron chi connectivity index (χ2n) is 6.31. The highest BCUT2D eigenvalue weighted by Crippen LogP contribution is 2.28. The fourth-order valence-electron chi connectivity index (χ4n) is 3.18. The smallest absolute Gasteiger partial charge is 0.251 e. The highest BCUT2D eigenvalue weighted by Gasteiger charge is 2.32. The number of amides is 2. The summed E-state index contributed by atoms with van der Waals surface area (Å²) >= 11 is 2.25. The van der Waals surface area contributed by atoms with Crippen molar-refractivity contribution >= 4 is 40.1 Å². The molecule has 2 aromatic rings. The van der Waals surface area contributed by atoms with Gasteiger partial charge in [-0.3, -0.25) is 9.59 Å². The quantitative estimate of drug-likeness (QED) is 0.710. The lowest BCUT2D eigenvalue weighted by atomic mass is 10.00. The maximum Gasteiger partial charge on any atom is 0.251 e. The van der Waals surface area contributed by atoms with Crippen LogP contribution in [-0.4, -0.2) is 23.3 Å². The number of likely N-dealkylation sites (tertiary alicyclic amines) is 1. The Bertz CT molecular complexity index is 777. The van der Waals surface area contributed by atoms with E-state index in [9.17, 15) is 9.59 Å². The molecule has 0 saturated carbocycles. The molecule has 0 bridgehead atoms. The molecule has 2 aromatic carbocycles. The largest absolute Gasteiger partial charge is 0.327 e. The first-order chi connectivity index (χ1) is 12.1. The third-order valence-corrected chi connectivity index (χ3v) is 5.15. The van der Waals surface area contributed by atoms with Crippen molar-refractivity contribution in [3.63, 3.8) is 0 Å². The van der Waals surface area contributed by atoms with Gasteiger partial charge >= 0.3 is 0 Å². The number of aryl methyl sites for hydroxylation is 1. The van der Waals surface area contributed by atoms with E-state index < -0.39 is 6.04 Å². The van der Waals surface area contributed by atoms with Crippen molar-refractivity contribution < 1.29 is 9.59 Å². The topological polar surface area (TPSA) is 49.4 Å². The number of piperidine rings is 1. The Morgan fingerprint density at radius 2 is 1.92 bits per heavy atom. The number of halogens is 1. The number of rotatable bonds is 4. The van der Waals surface area contributed by atoms with Gasteiger partial charge in [0.1, 0.15) is 6.04 Å². The number of nitrogens with one attached hydrogen (secondary N) is 1. The molecule has 1 atom stereocenters. The van der Waals surface area contributed by atoms with E-state index in [4.69, 9.17) is 0 Å². The Morgan fingerprint density at radius 1 is 1.16 bits per heavy atom. The molecule has 0 aliphatic carbocycles. The summed E-state index contributed by atoms with van der Waals surface area (Å²) in [6.45, 7) is 2.60. The van der Waals surface area contributed by atoms with Crippen LogP contribution >= 0.6 is 22.6 Å². The van der Waals surface area contributed by atoms with Gasteiger partial charge in [0.25, 0.3) is 5.91 Å². The van der Waals surface area contributed by atoms with Crippen LogP contribution in [0.25, 0.3) is 0 Å². The van der Waals surface area contributed by atoms with E-state index in [2.05, 4.69) is 27.9 Å². The van der Waals surface area contributed by atoms with Gasteiger partial charge in [0.2, 0.25) is 5.91 Å². The molecule has 5 heteroatoms. The number of hydrogen-bond acceptors (Lipinski definition) is 2. The SMILES string of the molecule is Cc1cc(I)ccc1NC(=O)C(c1ccccc1)N1CCCCC1=O. The Hall–Kier alpha value is -1.89. The lowest BCUT2D eigenvalue weighted by Crippen LogP contribution is -2.43. The number of carbonyl (C=O) groups is 2. The van der Waals surface area contributed by atoms with Crippen molar-refractivity contribution in [1.82, 2.24) is 4.90 Å². The van der Waals surface area contributed by atoms with E-state index in [1.807, 2.05) is 55.5 Å². The monoisotopic (exact) mass is 448 g/mol. The summed E-state index contributed by atoms with van der Waals surface area (Å²) in [5, 5.41) is 3.02. The van der Waals surface area contributed by atoms with E-state index in [-0.39, 0.29) is 11.8 Å². The number of anilines is 1. The fraction of sp³-hybridized carbons (Fsp3) is 0.300. The van der Waals surface area contributed by atoms with Crippen LogP contribution in [0.5, 0.6) is 0 Å².